The summed E-state index contributed by atoms with van der Waals surface area (Å²) in [7, 11) is -3.20. The first-order valence-electron chi connectivity index (χ1n) is 10.5. The Morgan fingerprint density at radius 2 is 1.45 bits per heavy atom. The molecule has 0 spiro atoms. The van der Waals surface area contributed by atoms with E-state index in [1.807, 2.05) is 41.3 Å². The Bertz CT molecular complexity index is 996. The maximum atomic E-state index is 12.5. The van der Waals surface area contributed by atoms with Crippen molar-refractivity contribution in [3.8, 4) is 0 Å². The zero-order valence-electron chi connectivity index (χ0n) is 17.8. The van der Waals surface area contributed by atoms with Gasteiger partial charge in [-0.15, -0.1) is 0 Å². The second kappa shape index (κ2) is 10.5. The number of likely N-dealkylation sites (tertiary alicyclic amines) is 1. The number of hydrogen-bond acceptors (Lipinski definition) is 4. The number of nitrogens with zero attached hydrogens (tertiary/aromatic N) is 1. The predicted molar refractivity (Wildman–Crippen MR) is 120 cm³/mol. The normalized spacial score (nSPS) is 14.3. The standard InChI is InChI=1S/C23H29N3O4S/c1-31(29,30)25-14-13-18-5-9-20(10-6-18)22(27)24-17-19-7-11-21(12-8-19)23(28)26-15-3-2-4-16-26/h5-12,25H,2-4,13-17H2,1H3,(H,24,27). The molecule has 0 unspecified atom stereocenters. The van der Waals surface area contributed by atoms with E-state index in [9.17, 15) is 18.0 Å². The third-order valence-electron chi connectivity index (χ3n) is 5.29. The lowest BCUT2D eigenvalue weighted by atomic mass is 10.1. The van der Waals surface area contributed by atoms with E-state index in [-0.39, 0.29) is 11.8 Å². The van der Waals surface area contributed by atoms with E-state index < -0.39 is 10.0 Å². The first-order valence-corrected chi connectivity index (χ1v) is 12.4. The Morgan fingerprint density at radius 3 is 2.06 bits per heavy atom. The van der Waals surface area contributed by atoms with Crippen LogP contribution in [0.1, 0.15) is 51.1 Å². The molecule has 7 nitrogen and oxygen atoms in total. The van der Waals surface area contributed by atoms with Crippen LogP contribution in [0, 0.1) is 0 Å². The summed E-state index contributed by atoms with van der Waals surface area (Å²) in [5.41, 5.74) is 3.09. The van der Waals surface area contributed by atoms with E-state index in [2.05, 4.69) is 10.0 Å². The number of benzene rings is 2. The van der Waals surface area contributed by atoms with E-state index in [1.165, 1.54) is 6.42 Å². The summed E-state index contributed by atoms with van der Waals surface area (Å²) in [5.74, 6) is -0.114. The quantitative estimate of drug-likeness (QED) is 0.655. The summed E-state index contributed by atoms with van der Waals surface area (Å²) in [6, 6.07) is 14.5. The second-order valence-corrected chi connectivity index (χ2v) is 9.68. The Balaban J connectivity index is 1.48. The molecule has 166 valence electrons. The van der Waals surface area contributed by atoms with E-state index in [1.54, 1.807) is 12.1 Å². The molecular formula is C23H29N3O4S. The molecule has 1 fully saturated rings. The van der Waals surface area contributed by atoms with Gasteiger partial charge >= 0.3 is 0 Å². The van der Waals surface area contributed by atoms with Crippen LogP contribution in [0.4, 0.5) is 0 Å². The number of sulfonamides is 1. The number of carbonyl (C=O) groups excluding carboxylic acids is 2. The van der Waals surface area contributed by atoms with Gasteiger partial charge in [0.05, 0.1) is 6.26 Å². The summed E-state index contributed by atoms with van der Waals surface area (Å²) in [5, 5.41) is 2.88. The molecule has 2 N–H and O–H groups in total. The topological polar surface area (TPSA) is 95.6 Å². The molecule has 31 heavy (non-hydrogen) atoms. The minimum atomic E-state index is -3.20. The SMILES string of the molecule is CS(=O)(=O)NCCc1ccc(C(=O)NCc2ccc(C(=O)N3CCCCC3)cc2)cc1. The molecule has 0 radical (unpaired) electrons. The van der Waals surface area contributed by atoms with Crippen molar-refractivity contribution in [1.29, 1.82) is 0 Å². The lowest BCUT2D eigenvalue weighted by Gasteiger charge is -2.26. The summed E-state index contributed by atoms with van der Waals surface area (Å²) in [4.78, 5) is 26.8. The van der Waals surface area contributed by atoms with Crippen molar-refractivity contribution >= 4 is 21.8 Å². The van der Waals surface area contributed by atoms with E-state index >= 15 is 0 Å². The van der Waals surface area contributed by atoms with Crippen LogP contribution in [-0.2, 0) is 23.0 Å². The highest BCUT2D eigenvalue weighted by atomic mass is 32.2. The molecule has 0 atom stereocenters. The molecule has 1 aliphatic rings. The average molecular weight is 444 g/mol. The maximum absolute atomic E-state index is 12.5. The molecule has 8 heteroatoms. The Morgan fingerprint density at radius 1 is 0.871 bits per heavy atom. The van der Waals surface area contributed by atoms with Crippen molar-refractivity contribution in [3.05, 3.63) is 70.8 Å². The highest BCUT2D eigenvalue weighted by Gasteiger charge is 2.17. The lowest BCUT2D eigenvalue weighted by molar-refractivity contribution is 0.0724. The Hall–Kier alpha value is -2.71. The van der Waals surface area contributed by atoms with Crippen molar-refractivity contribution in [3.63, 3.8) is 0 Å². The molecule has 0 aliphatic carbocycles. The third-order valence-corrected chi connectivity index (χ3v) is 6.02. The minimum absolute atomic E-state index is 0.0714. The fourth-order valence-corrected chi connectivity index (χ4v) is 4.01. The van der Waals surface area contributed by atoms with Crippen LogP contribution < -0.4 is 10.0 Å². The Kier molecular flexibility index (Phi) is 7.81. The van der Waals surface area contributed by atoms with Gasteiger partial charge in [-0.1, -0.05) is 24.3 Å². The predicted octanol–water partition coefficient (Wildman–Crippen LogP) is 2.33. The molecule has 1 heterocycles. The van der Waals surface area contributed by atoms with Gasteiger partial charge in [0.1, 0.15) is 0 Å². The van der Waals surface area contributed by atoms with E-state index in [0.29, 0.717) is 30.6 Å². The van der Waals surface area contributed by atoms with Gasteiger partial charge in [-0.3, -0.25) is 9.59 Å². The number of amides is 2. The van der Waals surface area contributed by atoms with Crippen LogP contribution in [0.3, 0.4) is 0 Å². The molecule has 2 amide bonds. The fourth-order valence-electron chi connectivity index (χ4n) is 3.53. The highest BCUT2D eigenvalue weighted by molar-refractivity contribution is 7.88. The average Bonchev–Trinajstić information content (AvgIpc) is 2.77. The maximum Gasteiger partial charge on any atom is 0.253 e. The van der Waals surface area contributed by atoms with Gasteiger partial charge in [0.25, 0.3) is 11.8 Å². The van der Waals surface area contributed by atoms with Crippen molar-refractivity contribution in [2.75, 3.05) is 25.9 Å². The van der Waals surface area contributed by atoms with Gasteiger partial charge in [0.15, 0.2) is 0 Å². The van der Waals surface area contributed by atoms with Gasteiger partial charge in [-0.25, -0.2) is 13.1 Å². The molecule has 0 aromatic heterocycles. The van der Waals surface area contributed by atoms with Gasteiger partial charge < -0.3 is 10.2 Å². The molecule has 1 saturated heterocycles. The minimum Gasteiger partial charge on any atom is -0.348 e. The zero-order valence-corrected chi connectivity index (χ0v) is 18.6. The van der Waals surface area contributed by atoms with Gasteiger partial charge in [-0.2, -0.15) is 0 Å². The number of rotatable bonds is 8. The first-order chi connectivity index (χ1) is 14.8. The number of nitrogens with one attached hydrogen (secondary N) is 2. The van der Waals surface area contributed by atoms with E-state index in [4.69, 9.17) is 0 Å². The smallest absolute Gasteiger partial charge is 0.253 e. The molecular weight excluding hydrogens is 414 g/mol. The van der Waals surface area contributed by atoms with Crippen molar-refractivity contribution in [1.82, 2.24) is 14.9 Å². The van der Waals surface area contributed by atoms with Crippen LogP contribution in [0.5, 0.6) is 0 Å². The largest absolute Gasteiger partial charge is 0.348 e. The third kappa shape index (κ3) is 7.18. The van der Waals surface area contributed by atoms with Gasteiger partial charge in [-0.05, 0) is 61.1 Å². The van der Waals surface area contributed by atoms with Crippen molar-refractivity contribution in [2.24, 2.45) is 0 Å². The Labute approximate surface area is 183 Å². The van der Waals surface area contributed by atoms with Crippen LogP contribution in [0.15, 0.2) is 48.5 Å². The second-order valence-electron chi connectivity index (χ2n) is 7.85. The first kappa shape index (κ1) is 23.0. The monoisotopic (exact) mass is 443 g/mol. The highest BCUT2D eigenvalue weighted by Crippen LogP contribution is 2.14. The molecule has 2 aromatic rings. The van der Waals surface area contributed by atoms with Crippen LogP contribution in [0.25, 0.3) is 0 Å². The van der Waals surface area contributed by atoms with Gasteiger partial charge in [0.2, 0.25) is 10.0 Å². The fraction of sp³-hybridized carbons (Fsp3) is 0.391. The lowest BCUT2D eigenvalue weighted by Crippen LogP contribution is -2.35. The molecule has 0 bridgehead atoms. The number of carbonyl (C=O) groups is 2. The van der Waals surface area contributed by atoms with Gasteiger partial charge in [0, 0.05) is 37.3 Å². The summed E-state index contributed by atoms with van der Waals surface area (Å²) < 4.78 is 24.6. The van der Waals surface area contributed by atoms with Crippen LogP contribution in [-0.4, -0.2) is 51.0 Å². The number of hydrogen-bond donors (Lipinski definition) is 2. The number of piperidine rings is 1. The van der Waals surface area contributed by atoms with E-state index in [0.717, 1.165) is 43.3 Å². The summed E-state index contributed by atoms with van der Waals surface area (Å²) in [6.45, 7) is 2.34. The van der Waals surface area contributed by atoms with Crippen LogP contribution >= 0.6 is 0 Å². The molecule has 3 rings (SSSR count). The van der Waals surface area contributed by atoms with Crippen molar-refractivity contribution < 1.29 is 18.0 Å². The van der Waals surface area contributed by atoms with Crippen molar-refractivity contribution in [2.45, 2.75) is 32.2 Å². The van der Waals surface area contributed by atoms with Crippen LogP contribution in [0.2, 0.25) is 0 Å². The molecule has 1 aliphatic heterocycles. The molecule has 2 aromatic carbocycles. The molecule has 0 saturated carbocycles. The summed E-state index contributed by atoms with van der Waals surface area (Å²) in [6.07, 6.45) is 4.99. The summed E-state index contributed by atoms with van der Waals surface area (Å²) >= 11 is 0. The zero-order chi connectivity index (χ0) is 22.3.